The van der Waals surface area contributed by atoms with Crippen LogP contribution in [0.3, 0.4) is 0 Å². The number of hydrogen-bond acceptors (Lipinski definition) is 5. The lowest BCUT2D eigenvalue weighted by atomic mass is 9.91. The van der Waals surface area contributed by atoms with Gasteiger partial charge < -0.3 is 15.8 Å². The van der Waals surface area contributed by atoms with E-state index in [0.717, 1.165) is 17.7 Å². The Bertz CT molecular complexity index is 1250. The van der Waals surface area contributed by atoms with Crippen LogP contribution >= 0.6 is 0 Å². The lowest BCUT2D eigenvalue weighted by Gasteiger charge is -2.24. The maximum atomic E-state index is 13.6. The number of benzene rings is 3. The molecule has 166 valence electrons. The van der Waals surface area contributed by atoms with Gasteiger partial charge in [0.15, 0.2) is 0 Å². The molecule has 33 heavy (non-hydrogen) atoms. The first kappa shape index (κ1) is 21.9. The van der Waals surface area contributed by atoms with Crippen molar-refractivity contribution in [3.63, 3.8) is 0 Å². The minimum atomic E-state index is -0.973. The number of anilines is 1. The molecule has 0 radical (unpaired) electrons. The Morgan fingerprint density at radius 1 is 0.939 bits per heavy atom. The van der Waals surface area contributed by atoms with Crippen LogP contribution in [0.1, 0.15) is 21.5 Å². The molecule has 3 aromatic carbocycles. The molecule has 1 aliphatic carbocycles. The van der Waals surface area contributed by atoms with Gasteiger partial charge in [-0.25, -0.2) is 8.78 Å². The van der Waals surface area contributed by atoms with E-state index < -0.39 is 23.6 Å². The van der Waals surface area contributed by atoms with E-state index in [1.165, 1.54) is 6.08 Å². The van der Waals surface area contributed by atoms with Crippen LogP contribution in [-0.2, 0) is 11.2 Å². The van der Waals surface area contributed by atoms with Gasteiger partial charge >= 0.3 is 0 Å². The average Bonchev–Trinajstić information content (AvgIpc) is 2.80. The number of halogens is 2. The van der Waals surface area contributed by atoms with Gasteiger partial charge in [-0.3, -0.25) is 9.59 Å². The Labute approximate surface area is 188 Å². The molecular weight excluding hydrogens is 428 g/mol. The molecule has 0 aromatic heterocycles. The number of Topliss-reactive ketones (excluding diaryl/α,β-unsaturated/α-hetero) is 1. The SMILES string of the molecule is O=C1C(N[C@H](Cc2ccccc2)C(=O)Nc2cc(F)cc(F)c2)=C/C(=N/O)c2ccccc21. The summed E-state index contributed by atoms with van der Waals surface area (Å²) in [5.74, 6) is -2.63. The zero-order chi connectivity index (χ0) is 23.4. The first-order valence-corrected chi connectivity index (χ1v) is 10.1. The molecule has 0 unspecified atom stereocenters. The van der Waals surface area contributed by atoms with Crippen LogP contribution in [0.15, 0.2) is 89.7 Å². The Hall–Kier alpha value is -4.33. The summed E-state index contributed by atoms with van der Waals surface area (Å²) >= 11 is 0. The predicted molar refractivity (Wildman–Crippen MR) is 119 cm³/mol. The molecule has 1 atom stereocenters. The molecule has 0 heterocycles. The summed E-state index contributed by atoms with van der Waals surface area (Å²) in [5.41, 5.74) is 1.76. The number of rotatable bonds is 6. The van der Waals surface area contributed by atoms with E-state index in [1.54, 1.807) is 24.3 Å². The molecule has 0 bridgehead atoms. The van der Waals surface area contributed by atoms with Crippen molar-refractivity contribution in [1.82, 2.24) is 5.32 Å². The highest BCUT2D eigenvalue weighted by atomic mass is 19.1. The average molecular weight is 447 g/mol. The largest absolute Gasteiger partial charge is 0.410 e. The van der Waals surface area contributed by atoms with Crippen molar-refractivity contribution in [2.75, 3.05) is 5.32 Å². The van der Waals surface area contributed by atoms with E-state index in [9.17, 15) is 23.6 Å². The minimum Gasteiger partial charge on any atom is -0.410 e. The van der Waals surface area contributed by atoms with Crippen LogP contribution in [0.2, 0.25) is 0 Å². The summed E-state index contributed by atoms with van der Waals surface area (Å²) in [7, 11) is 0. The van der Waals surface area contributed by atoms with Gasteiger partial charge in [0.1, 0.15) is 23.4 Å². The van der Waals surface area contributed by atoms with Crippen molar-refractivity contribution in [1.29, 1.82) is 0 Å². The van der Waals surface area contributed by atoms with Gasteiger partial charge in [-0.15, -0.1) is 0 Å². The molecular formula is C25H19F2N3O3. The number of nitrogens with one attached hydrogen (secondary N) is 2. The fraction of sp³-hybridized carbons (Fsp3) is 0.0800. The maximum absolute atomic E-state index is 13.6. The molecule has 6 nitrogen and oxygen atoms in total. The van der Waals surface area contributed by atoms with Crippen LogP contribution in [0.25, 0.3) is 0 Å². The van der Waals surface area contributed by atoms with Gasteiger partial charge in [-0.2, -0.15) is 0 Å². The van der Waals surface area contributed by atoms with Crippen LogP contribution in [-0.4, -0.2) is 28.7 Å². The molecule has 0 saturated heterocycles. The standard InChI is InChI=1S/C25H19F2N3O3/c26-16-11-17(27)13-18(12-16)28-25(32)23(10-15-6-2-1-3-7-15)29-22-14-21(30-33)19-8-4-5-9-20(19)24(22)31/h1-9,11-14,23,29,33H,10H2,(H,28,32)/b30-21-/t23-/m1/s1. The molecule has 3 aromatic rings. The Balaban J connectivity index is 1.64. The van der Waals surface area contributed by atoms with Crippen molar-refractivity contribution in [2.45, 2.75) is 12.5 Å². The van der Waals surface area contributed by atoms with Gasteiger partial charge in [-0.1, -0.05) is 59.8 Å². The number of amides is 1. The predicted octanol–water partition coefficient (Wildman–Crippen LogP) is 4.06. The minimum absolute atomic E-state index is 0.0516. The van der Waals surface area contributed by atoms with Crippen molar-refractivity contribution < 1.29 is 23.6 Å². The van der Waals surface area contributed by atoms with Gasteiger partial charge in [-0.05, 0) is 23.8 Å². The van der Waals surface area contributed by atoms with Crippen molar-refractivity contribution in [3.05, 3.63) is 113 Å². The second-order valence-electron chi connectivity index (χ2n) is 7.45. The molecule has 0 aliphatic heterocycles. The number of allylic oxidation sites excluding steroid dienone is 2. The number of nitrogens with zero attached hydrogens (tertiary/aromatic N) is 1. The second kappa shape index (κ2) is 9.44. The third kappa shape index (κ3) is 4.95. The van der Waals surface area contributed by atoms with Gasteiger partial charge in [0.2, 0.25) is 11.7 Å². The summed E-state index contributed by atoms with van der Waals surface area (Å²) in [6.07, 6.45) is 1.54. The summed E-state index contributed by atoms with van der Waals surface area (Å²) in [4.78, 5) is 26.1. The molecule has 0 fully saturated rings. The van der Waals surface area contributed by atoms with E-state index in [2.05, 4.69) is 15.8 Å². The second-order valence-corrected chi connectivity index (χ2v) is 7.45. The normalized spacial score (nSPS) is 14.9. The topological polar surface area (TPSA) is 90.8 Å². The van der Waals surface area contributed by atoms with Crippen molar-refractivity contribution in [3.8, 4) is 0 Å². The lowest BCUT2D eigenvalue weighted by molar-refractivity contribution is -0.117. The van der Waals surface area contributed by atoms with Gasteiger partial charge in [0, 0.05) is 29.3 Å². The molecule has 0 spiro atoms. The van der Waals surface area contributed by atoms with Crippen LogP contribution < -0.4 is 10.6 Å². The third-order valence-corrected chi connectivity index (χ3v) is 5.14. The summed E-state index contributed by atoms with van der Waals surface area (Å²) in [6, 6.07) is 17.5. The van der Waals surface area contributed by atoms with Crippen molar-refractivity contribution in [2.24, 2.45) is 5.16 Å². The van der Waals surface area contributed by atoms with Gasteiger partial charge in [0.05, 0.1) is 5.70 Å². The zero-order valence-corrected chi connectivity index (χ0v) is 17.3. The van der Waals surface area contributed by atoms with Crippen LogP contribution in [0.4, 0.5) is 14.5 Å². The monoisotopic (exact) mass is 447 g/mol. The maximum Gasteiger partial charge on any atom is 0.247 e. The number of ketones is 1. The number of hydrogen-bond donors (Lipinski definition) is 3. The molecule has 0 saturated carbocycles. The first-order valence-electron chi connectivity index (χ1n) is 10.1. The quantitative estimate of drug-likeness (QED) is 0.393. The van der Waals surface area contributed by atoms with E-state index in [-0.39, 0.29) is 29.3 Å². The number of carbonyl (C=O) groups is 2. The summed E-state index contributed by atoms with van der Waals surface area (Å²) in [6.45, 7) is 0. The Morgan fingerprint density at radius 2 is 1.58 bits per heavy atom. The molecule has 8 heteroatoms. The fourth-order valence-electron chi connectivity index (χ4n) is 3.62. The van der Waals surface area contributed by atoms with E-state index in [1.807, 2.05) is 30.3 Å². The lowest BCUT2D eigenvalue weighted by Crippen LogP contribution is -2.44. The summed E-state index contributed by atoms with van der Waals surface area (Å²) in [5, 5.41) is 18.1. The smallest absolute Gasteiger partial charge is 0.247 e. The van der Waals surface area contributed by atoms with Gasteiger partial charge in [0.25, 0.3) is 0 Å². The highest BCUT2D eigenvalue weighted by molar-refractivity contribution is 6.26. The fourth-order valence-corrected chi connectivity index (χ4v) is 3.62. The van der Waals surface area contributed by atoms with Crippen LogP contribution in [0, 0.1) is 11.6 Å². The first-order chi connectivity index (χ1) is 15.9. The highest BCUT2D eigenvalue weighted by Crippen LogP contribution is 2.22. The third-order valence-electron chi connectivity index (χ3n) is 5.14. The molecule has 4 rings (SSSR count). The number of oxime groups is 1. The van der Waals surface area contributed by atoms with Crippen LogP contribution in [0.5, 0.6) is 0 Å². The zero-order valence-electron chi connectivity index (χ0n) is 17.3. The summed E-state index contributed by atoms with van der Waals surface area (Å²) < 4.78 is 27.2. The van der Waals surface area contributed by atoms with E-state index in [4.69, 9.17) is 0 Å². The van der Waals surface area contributed by atoms with E-state index >= 15 is 0 Å². The molecule has 3 N–H and O–H groups in total. The number of fused-ring (bicyclic) bond motifs is 1. The molecule has 1 aliphatic rings. The molecule has 1 amide bonds. The van der Waals surface area contributed by atoms with Crippen molar-refractivity contribution >= 4 is 23.1 Å². The highest BCUT2D eigenvalue weighted by Gasteiger charge is 2.28. The number of carbonyl (C=O) groups excluding carboxylic acids is 2. The Morgan fingerprint density at radius 3 is 2.24 bits per heavy atom. The van der Waals surface area contributed by atoms with E-state index in [0.29, 0.717) is 17.2 Å². The Kier molecular flexibility index (Phi) is 6.26.